The molecule has 21 heavy (non-hydrogen) atoms. The Morgan fingerprint density at radius 3 is 2.76 bits per heavy atom. The van der Waals surface area contributed by atoms with Gasteiger partial charge in [0.1, 0.15) is 11.0 Å². The topological polar surface area (TPSA) is 72.7 Å². The molecule has 0 saturated heterocycles. The van der Waals surface area contributed by atoms with Crippen LogP contribution < -0.4 is 5.32 Å². The first-order valence-corrected chi connectivity index (χ1v) is 6.73. The first kappa shape index (κ1) is 13.8. The van der Waals surface area contributed by atoms with Gasteiger partial charge in [-0.3, -0.25) is 9.48 Å². The minimum atomic E-state index is -0.391. The van der Waals surface area contributed by atoms with Crippen molar-refractivity contribution in [1.29, 1.82) is 0 Å². The van der Waals surface area contributed by atoms with E-state index in [9.17, 15) is 4.79 Å². The quantitative estimate of drug-likeness (QED) is 0.581. The number of hydrogen-bond donors (Lipinski definition) is 1. The van der Waals surface area contributed by atoms with E-state index in [1.54, 1.807) is 11.7 Å². The number of nitrogens with zero attached hydrogens (tertiary/aromatic N) is 4. The lowest BCUT2D eigenvalue weighted by Crippen LogP contribution is -2.14. The molecule has 0 saturated carbocycles. The molecule has 1 amide bonds. The first-order chi connectivity index (χ1) is 10.0. The highest BCUT2D eigenvalue weighted by atomic mass is 35.5. The predicted octanol–water partition coefficient (Wildman–Crippen LogP) is 2.92. The summed E-state index contributed by atoms with van der Waals surface area (Å²) in [6, 6.07) is 8.86. The summed E-state index contributed by atoms with van der Waals surface area (Å²) in [5, 5.41) is 7.70. The molecule has 0 radical (unpaired) electrons. The first-order valence-electron chi connectivity index (χ1n) is 5.98. The van der Waals surface area contributed by atoms with Gasteiger partial charge in [-0.2, -0.15) is 5.10 Å². The van der Waals surface area contributed by atoms with Crippen molar-refractivity contribution in [3.8, 4) is 0 Å². The Bertz CT molecular complexity index is 825. The SMILES string of the molecule is Cn1nc(C(=O)Nc2cc(Cl)nc(Cl)n2)c2ccccc21. The zero-order valence-electron chi connectivity index (χ0n) is 10.8. The lowest BCUT2D eigenvalue weighted by atomic mass is 10.2. The normalized spacial score (nSPS) is 10.8. The molecule has 0 bridgehead atoms. The average Bonchev–Trinajstić information content (AvgIpc) is 2.76. The van der Waals surface area contributed by atoms with Crippen molar-refractivity contribution in [2.24, 2.45) is 7.05 Å². The Hall–Kier alpha value is -2.18. The number of benzene rings is 1. The Morgan fingerprint density at radius 1 is 1.24 bits per heavy atom. The number of hydrogen-bond acceptors (Lipinski definition) is 4. The fraction of sp³-hybridized carbons (Fsp3) is 0.0769. The fourth-order valence-corrected chi connectivity index (χ4v) is 2.42. The number of aromatic nitrogens is 4. The summed E-state index contributed by atoms with van der Waals surface area (Å²) in [7, 11) is 1.78. The van der Waals surface area contributed by atoms with Gasteiger partial charge in [0.25, 0.3) is 5.91 Å². The minimum Gasteiger partial charge on any atom is -0.305 e. The molecule has 3 aromatic rings. The molecule has 0 aliphatic carbocycles. The Balaban J connectivity index is 1.97. The van der Waals surface area contributed by atoms with Crippen molar-refractivity contribution < 1.29 is 4.79 Å². The highest BCUT2D eigenvalue weighted by molar-refractivity contribution is 6.32. The van der Waals surface area contributed by atoms with Gasteiger partial charge in [0.15, 0.2) is 5.69 Å². The van der Waals surface area contributed by atoms with Gasteiger partial charge in [-0.05, 0) is 17.7 Å². The Labute approximate surface area is 129 Å². The van der Waals surface area contributed by atoms with Crippen LogP contribution in [-0.4, -0.2) is 25.7 Å². The maximum absolute atomic E-state index is 12.3. The van der Waals surface area contributed by atoms with E-state index >= 15 is 0 Å². The van der Waals surface area contributed by atoms with Gasteiger partial charge in [-0.1, -0.05) is 29.8 Å². The van der Waals surface area contributed by atoms with Crippen molar-refractivity contribution in [3.05, 3.63) is 46.5 Å². The summed E-state index contributed by atoms with van der Waals surface area (Å²) in [5.41, 5.74) is 1.17. The van der Waals surface area contributed by atoms with E-state index in [-0.39, 0.29) is 16.3 Å². The van der Waals surface area contributed by atoms with Gasteiger partial charge in [0.2, 0.25) is 5.28 Å². The molecule has 0 unspecified atom stereocenters. The van der Waals surface area contributed by atoms with Crippen LogP contribution >= 0.6 is 23.2 Å². The summed E-state index contributed by atoms with van der Waals surface area (Å²) in [5.74, 6) is -0.169. The number of carbonyl (C=O) groups excluding carboxylic acids is 1. The van der Waals surface area contributed by atoms with Crippen LogP contribution in [0, 0.1) is 0 Å². The van der Waals surface area contributed by atoms with Gasteiger partial charge < -0.3 is 5.32 Å². The van der Waals surface area contributed by atoms with E-state index in [0.717, 1.165) is 10.9 Å². The molecule has 0 fully saturated rings. The highest BCUT2D eigenvalue weighted by Gasteiger charge is 2.16. The third-order valence-electron chi connectivity index (χ3n) is 2.88. The van der Waals surface area contributed by atoms with Crippen LogP contribution in [0.25, 0.3) is 10.9 Å². The largest absolute Gasteiger partial charge is 0.305 e. The third kappa shape index (κ3) is 2.68. The molecule has 6 nitrogen and oxygen atoms in total. The number of nitrogens with one attached hydrogen (secondary N) is 1. The number of anilines is 1. The molecule has 2 heterocycles. The highest BCUT2D eigenvalue weighted by Crippen LogP contribution is 2.19. The number of fused-ring (bicyclic) bond motifs is 1. The predicted molar refractivity (Wildman–Crippen MR) is 80.7 cm³/mol. The van der Waals surface area contributed by atoms with E-state index < -0.39 is 5.91 Å². The number of aryl methyl sites for hydroxylation is 1. The van der Waals surface area contributed by atoms with E-state index in [0.29, 0.717) is 5.69 Å². The van der Waals surface area contributed by atoms with Gasteiger partial charge in [-0.25, -0.2) is 9.97 Å². The minimum absolute atomic E-state index is 0.0383. The van der Waals surface area contributed by atoms with Crippen LogP contribution in [0.15, 0.2) is 30.3 Å². The lowest BCUT2D eigenvalue weighted by molar-refractivity contribution is 0.102. The Kier molecular flexibility index (Phi) is 3.48. The van der Waals surface area contributed by atoms with E-state index in [1.807, 2.05) is 24.3 Å². The summed E-state index contributed by atoms with van der Waals surface area (Å²) in [4.78, 5) is 19.9. The summed E-state index contributed by atoms with van der Waals surface area (Å²) < 4.78 is 1.64. The monoisotopic (exact) mass is 321 g/mol. The van der Waals surface area contributed by atoms with Crippen LogP contribution in [0.1, 0.15) is 10.5 Å². The van der Waals surface area contributed by atoms with E-state index in [1.165, 1.54) is 6.07 Å². The van der Waals surface area contributed by atoms with Crippen LogP contribution in [-0.2, 0) is 7.05 Å². The van der Waals surface area contributed by atoms with Crippen LogP contribution in [0.3, 0.4) is 0 Å². The zero-order chi connectivity index (χ0) is 15.0. The number of carbonyl (C=O) groups is 1. The molecule has 0 spiro atoms. The second-order valence-electron chi connectivity index (χ2n) is 4.29. The van der Waals surface area contributed by atoms with Crippen molar-refractivity contribution in [2.75, 3.05) is 5.32 Å². The molecule has 1 N–H and O–H groups in total. The van der Waals surface area contributed by atoms with Crippen LogP contribution in [0.4, 0.5) is 5.82 Å². The molecule has 1 aromatic carbocycles. The van der Waals surface area contributed by atoms with E-state index in [4.69, 9.17) is 23.2 Å². The van der Waals surface area contributed by atoms with E-state index in [2.05, 4.69) is 20.4 Å². The van der Waals surface area contributed by atoms with Crippen molar-refractivity contribution in [1.82, 2.24) is 19.7 Å². The molecular formula is C13H9Cl2N5O. The standard InChI is InChI=1S/C13H9Cl2N5O/c1-20-8-5-3-2-4-7(8)11(19-20)12(21)17-10-6-9(14)16-13(15)18-10/h2-6H,1H3,(H,16,17,18,21). The molecule has 2 aromatic heterocycles. The molecule has 0 atom stereocenters. The molecule has 0 aliphatic heterocycles. The second-order valence-corrected chi connectivity index (χ2v) is 5.01. The number of halogens is 2. The average molecular weight is 322 g/mol. The van der Waals surface area contributed by atoms with Crippen molar-refractivity contribution in [2.45, 2.75) is 0 Å². The fourth-order valence-electron chi connectivity index (χ4n) is 2.01. The molecule has 3 rings (SSSR count). The maximum Gasteiger partial charge on any atom is 0.277 e. The Morgan fingerprint density at radius 2 is 2.00 bits per heavy atom. The van der Waals surface area contributed by atoms with Crippen molar-refractivity contribution >= 4 is 45.8 Å². The van der Waals surface area contributed by atoms with Crippen molar-refractivity contribution in [3.63, 3.8) is 0 Å². The summed E-state index contributed by atoms with van der Waals surface area (Å²) in [6.07, 6.45) is 0. The smallest absolute Gasteiger partial charge is 0.277 e. The van der Waals surface area contributed by atoms with Gasteiger partial charge in [0, 0.05) is 18.5 Å². The third-order valence-corrected chi connectivity index (χ3v) is 3.24. The second kappa shape index (κ2) is 5.31. The molecule has 0 aliphatic rings. The molecular weight excluding hydrogens is 313 g/mol. The number of rotatable bonds is 2. The van der Waals surface area contributed by atoms with Crippen LogP contribution in [0.2, 0.25) is 10.4 Å². The van der Waals surface area contributed by atoms with Gasteiger partial charge >= 0.3 is 0 Å². The van der Waals surface area contributed by atoms with Gasteiger partial charge in [0.05, 0.1) is 5.52 Å². The zero-order valence-corrected chi connectivity index (χ0v) is 12.4. The number of amides is 1. The van der Waals surface area contributed by atoms with Crippen LogP contribution in [0.5, 0.6) is 0 Å². The maximum atomic E-state index is 12.3. The number of para-hydroxylation sites is 1. The summed E-state index contributed by atoms with van der Waals surface area (Å²) in [6.45, 7) is 0. The van der Waals surface area contributed by atoms with Gasteiger partial charge in [-0.15, -0.1) is 0 Å². The summed E-state index contributed by atoms with van der Waals surface area (Å²) >= 11 is 11.5. The molecule has 8 heteroatoms. The molecule has 106 valence electrons. The lowest BCUT2D eigenvalue weighted by Gasteiger charge is -2.03.